The molecule has 0 radical (unpaired) electrons. The second-order valence-corrected chi connectivity index (χ2v) is 7.03. The number of ether oxygens (including phenoxy) is 3. The lowest BCUT2D eigenvalue weighted by atomic mass is 9.78. The lowest BCUT2D eigenvalue weighted by molar-refractivity contribution is 0.174. The van der Waals surface area contributed by atoms with Crippen LogP contribution in [0.25, 0.3) is 11.3 Å². The predicted octanol–water partition coefficient (Wildman–Crippen LogP) is 4.01. The molecule has 7 heteroatoms. The average Bonchev–Trinajstić information content (AvgIpc) is 3.39. The van der Waals surface area contributed by atoms with Crippen molar-refractivity contribution in [3.8, 4) is 34.7 Å². The Morgan fingerprint density at radius 3 is 2.72 bits per heavy atom. The fraction of sp³-hybridized carbons (Fsp3) is 0.227. The minimum absolute atomic E-state index is 0.0895. The number of nitriles is 1. The summed E-state index contributed by atoms with van der Waals surface area (Å²) in [6.45, 7) is 2.30. The summed E-state index contributed by atoms with van der Waals surface area (Å²) in [5.74, 6) is 0.506. The van der Waals surface area contributed by atoms with Crippen LogP contribution in [-0.2, 0) is 6.42 Å². The van der Waals surface area contributed by atoms with Gasteiger partial charge in [0.25, 0.3) is 0 Å². The smallest absolute Gasteiger partial charge is 0.244 e. The van der Waals surface area contributed by atoms with Gasteiger partial charge >= 0.3 is 0 Å². The lowest BCUT2D eigenvalue weighted by Gasteiger charge is -2.28. The van der Waals surface area contributed by atoms with Crippen LogP contribution in [0.4, 0.5) is 0 Å². The van der Waals surface area contributed by atoms with Crippen LogP contribution in [-0.4, -0.2) is 22.9 Å². The maximum Gasteiger partial charge on any atom is 0.244 e. The molecular weight excluding hydrogens is 368 g/mol. The third-order valence-corrected chi connectivity index (χ3v) is 5.45. The molecule has 2 unspecified atom stereocenters. The van der Waals surface area contributed by atoms with E-state index in [1.54, 1.807) is 0 Å². The Bertz CT molecular complexity index is 1140. The monoisotopic (exact) mass is 386 g/mol. The molecule has 0 fully saturated rings. The summed E-state index contributed by atoms with van der Waals surface area (Å²) >= 11 is 0. The van der Waals surface area contributed by atoms with Crippen molar-refractivity contribution in [2.24, 2.45) is 5.92 Å². The first-order chi connectivity index (χ1) is 14.2. The molecule has 3 heterocycles. The molecule has 0 aliphatic carbocycles. The van der Waals surface area contributed by atoms with Crippen LogP contribution < -0.4 is 14.2 Å². The van der Waals surface area contributed by atoms with E-state index in [1.165, 1.54) is 5.56 Å². The van der Waals surface area contributed by atoms with Crippen LogP contribution in [0.5, 0.6) is 17.4 Å². The second-order valence-electron chi connectivity index (χ2n) is 7.03. The quantitative estimate of drug-likeness (QED) is 0.708. The molecule has 0 saturated heterocycles. The zero-order chi connectivity index (χ0) is 20.0. The zero-order valence-electron chi connectivity index (χ0n) is 15.7. The van der Waals surface area contributed by atoms with Gasteiger partial charge in [-0.25, -0.2) is 0 Å². The SMILES string of the molecule is CCc1ccc(C2c3c(n[nH]c3-c3ccc4c(c3)OCO4)OC(=N)C2C#N)cc1. The topological polar surface area (TPSA) is 104 Å². The molecule has 2 N–H and O–H groups in total. The Morgan fingerprint density at radius 2 is 1.97 bits per heavy atom. The fourth-order valence-electron chi connectivity index (χ4n) is 3.91. The molecule has 0 spiro atoms. The number of aromatic amines is 1. The van der Waals surface area contributed by atoms with Crippen molar-refractivity contribution in [1.82, 2.24) is 10.2 Å². The van der Waals surface area contributed by atoms with Gasteiger partial charge in [-0.2, -0.15) is 5.26 Å². The highest BCUT2D eigenvalue weighted by Crippen LogP contribution is 2.47. The molecule has 5 rings (SSSR count). The third-order valence-electron chi connectivity index (χ3n) is 5.45. The van der Waals surface area contributed by atoms with E-state index in [0.29, 0.717) is 17.4 Å². The summed E-state index contributed by atoms with van der Waals surface area (Å²) in [6, 6.07) is 16.1. The van der Waals surface area contributed by atoms with Gasteiger partial charge in [0.2, 0.25) is 18.6 Å². The molecule has 0 bridgehead atoms. The molecular formula is C22H18N4O3. The van der Waals surface area contributed by atoms with E-state index < -0.39 is 5.92 Å². The summed E-state index contributed by atoms with van der Waals surface area (Å²) in [5.41, 5.74) is 4.54. The van der Waals surface area contributed by atoms with Crippen LogP contribution >= 0.6 is 0 Å². The Morgan fingerprint density at radius 1 is 1.17 bits per heavy atom. The highest BCUT2D eigenvalue weighted by molar-refractivity contribution is 5.86. The average molecular weight is 386 g/mol. The standard InChI is InChI=1S/C22H18N4O3/c1-2-12-3-5-13(6-4-12)18-15(10-23)21(24)29-22-19(18)20(25-26-22)14-7-8-16-17(9-14)28-11-27-16/h3-9,15,18,24H,2,11H2,1H3,(H,25,26). The summed E-state index contributed by atoms with van der Waals surface area (Å²) in [6.07, 6.45) is 0.935. The van der Waals surface area contributed by atoms with Gasteiger partial charge in [-0.05, 0) is 35.7 Å². The van der Waals surface area contributed by atoms with Crippen LogP contribution in [0.1, 0.15) is 29.5 Å². The molecule has 2 aliphatic heterocycles. The Balaban J connectivity index is 1.67. The highest BCUT2D eigenvalue weighted by atomic mass is 16.7. The van der Waals surface area contributed by atoms with Crippen molar-refractivity contribution in [3.63, 3.8) is 0 Å². The highest BCUT2D eigenvalue weighted by Gasteiger charge is 2.40. The molecule has 0 amide bonds. The van der Waals surface area contributed by atoms with Crippen molar-refractivity contribution in [1.29, 1.82) is 10.7 Å². The molecule has 3 aromatic rings. The lowest BCUT2D eigenvalue weighted by Crippen LogP contribution is -2.30. The molecule has 144 valence electrons. The second kappa shape index (κ2) is 6.67. The van der Waals surface area contributed by atoms with Crippen LogP contribution in [0.15, 0.2) is 42.5 Å². The maximum atomic E-state index is 9.81. The van der Waals surface area contributed by atoms with E-state index in [0.717, 1.165) is 28.8 Å². The minimum atomic E-state index is -0.736. The van der Waals surface area contributed by atoms with Crippen molar-refractivity contribution >= 4 is 5.90 Å². The molecule has 1 aromatic heterocycles. The molecule has 2 aromatic carbocycles. The van der Waals surface area contributed by atoms with Gasteiger partial charge in [0.15, 0.2) is 11.5 Å². The summed E-state index contributed by atoms with van der Waals surface area (Å²) in [5, 5.41) is 25.3. The number of aromatic nitrogens is 2. The van der Waals surface area contributed by atoms with Gasteiger partial charge < -0.3 is 14.2 Å². The number of benzene rings is 2. The third kappa shape index (κ3) is 2.72. The van der Waals surface area contributed by atoms with E-state index >= 15 is 0 Å². The number of H-pyrrole nitrogens is 1. The van der Waals surface area contributed by atoms with Gasteiger partial charge in [0, 0.05) is 11.5 Å². The van der Waals surface area contributed by atoms with Gasteiger partial charge in [0.1, 0.15) is 5.92 Å². The Kier molecular flexibility index (Phi) is 3.98. The first-order valence-electron chi connectivity index (χ1n) is 9.42. The van der Waals surface area contributed by atoms with Gasteiger partial charge in [-0.3, -0.25) is 10.5 Å². The van der Waals surface area contributed by atoms with E-state index in [9.17, 15) is 5.26 Å². The number of nitrogens with one attached hydrogen (secondary N) is 2. The van der Waals surface area contributed by atoms with Gasteiger partial charge in [0.05, 0.1) is 17.3 Å². The van der Waals surface area contributed by atoms with E-state index in [2.05, 4.69) is 35.3 Å². The molecule has 29 heavy (non-hydrogen) atoms. The first-order valence-corrected chi connectivity index (χ1v) is 9.42. The molecule has 7 nitrogen and oxygen atoms in total. The van der Waals surface area contributed by atoms with Crippen LogP contribution in [0.3, 0.4) is 0 Å². The number of nitrogens with zero attached hydrogens (tertiary/aromatic N) is 2. The maximum absolute atomic E-state index is 9.81. The van der Waals surface area contributed by atoms with Crippen LogP contribution in [0, 0.1) is 22.7 Å². The summed E-state index contributed by atoms with van der Waals surface area (Å²) in [7, 11) is 0. The predicted molar refractivity (Wildman–Crippen MR) is 105 cm³/mol. The summed E-state index contributed by atoms with van der Waals surface area (Å²) < 4.78 is 16.5. The molecule has 0 saturated carbocycles. The van der Waals surface area contributed by atoms with E-state index in [-0.39, 0.29) is 18.6 Å². The van der Waals surface area contributed by atoms with Crippen molar-refractivity contribution < 1.29 is 14.2 Å². The number of rotatable bonds is 3. The van der Waals surface area contributed by atoms with Crippen molar-refractivity contribution in [3.05, 3.63) is 59.2 Å². The van der Waals surface area contributed by atoms with E-state index in [4.69, 9.17) is 19.6 Å². The van der Waals surface area contributed by atoms with Gasteiger partial charge in [-0.1, -0.05) is 31.2 Å². The first kappa shape index (κ1) is 17.3. The number of fused-ring (bicyclic) bond motifs is 2. The Labute approximate surface area is 167 Å². The zero-order valence-corrected chi connectivity index (χ0v) is 15.7. The normalized spacial score (nSPS) is 19.4. The minimum Gasteiger partial charge on any atom is -0.454 e. The summed E-state index contributed by atoms with van der Waals surface area (Å²) in [4.78, 5) is 0. The van der Waals surface area contributed by atoms with Crippen molar-refractivity contribution in [2.75, 3.05) is 6.79 Å². The molecule has 2 aliphatic rings. The Hall–Kier alpha value is -3.79. The van der Waals surface area contributed by atoms with E-state index in [1.807, 2.05) is 30.3 Å². The number of hydrogen-bond donors (Lipinski definition) is 2. The number of aryl methyl sites for hydroxylation is 1. The largest absolute Gasteiger partial charge is 0.454 e. The van der Waals surface area contributed by atoms with Gasteiger partial charge in [-0.15, -0.1) is 5.10 Å². The number of hydrogen-bond acceptors (Lipinski definition) is 6. The fourth-order valence-corrected chi connectivity index (χ4v) is 3.91. The van der Waals surface area contributed by atoms with Crippen LogP contribution in [0.2, 0.25) is 0 Å². The molecule has 2 atom stereocenters. The van der Waals surface area contributed by atoms with Crippen molar-refractivity contribution in [2.45, 2.75) is 19.3 Å².